The summed E-state index contributed by atoms with van der Waals surface area (Å²) in [5, 5.41) is 2.97. The number of halogens is 3. The first kappa shape index (κ1) is 16.4. The molecule has 0 saturated heterocycles. The van der Waals surface area contributed by atoms with Crippen LogP contribution in [0, 0.1) is 11.6 Å². The zero-order chi connectivity index (χ0) is 16.1. The van der Waals surface area contributed by atoms with Crippen molar-refractivity contribution < 1.29 is 13.6 Å². The molecule has 2 aromatic carbocycles. The first-order chi connectivity index (χ1) is 10.5. The van der Waals surface area contributed by atoms with Crippen LogP contribution < -0.4 is 5.32 Å². The average Bonchev–Trinajstić information content (AvgIpc) is 2.45. The smallest absolute Gasteiger partial charge is 0.238 e. The van der Waals surface area contributed by atoms with Crippen LogP contribution in [0.4, 0.5) is 14.5 Å². The Bertz CT molecular complexity index is 679. The predicted molar refractivity (Wildman–Crippen MR) is 82.8 cm³/mol. The Labute approximate surface area is 132 Å². The molecule has 0 atom stereocenters. The normalized spacial score (nSPS) is 10.8. The van der Waals surface area contributed by atoms with Gasteiger partial charge in [-0.3, -0.25) is 9.69 Å². The average molecular weight is 325 g/mol. The number of hydrogen-bond acceptors (Lipinski definition) is 2. The number of rotatable bonds is 5. The van der Waals surface area contributed by atoms with Gasteiger partial charge in [-0.15, -0.1) is 0 Å². The van der Waals surface area contributed by atoms with E-state index < -0.39 is 17.5 Å². The van der Waals surface area contributed by atoms with Crippen LogP contribution in [0.2, 0.25) is 5.02 Å². The predicted octanol–water partition coefficient (Wildman–Crippen LogP) is 3.69. The van der Waals surface area contributed by atoms with Crippen molar-refractivity contribution in [3.63, 3.8) is 0 Å². The number of benzene rings is 2. The van der Waals surface area contributed by atoms with Crippen molar-refractivity contribution >= 4 is 23.2 Å². The summed E-state index contributed by atoms with van der Waals surface area (Å²) in [5.74, 6) is -1.72. The van der Waals surface area contributed by atoms with Crippen LogP contribution in [0.1, 0.15) is 5.56 Å². The third kappa shape index (κ3) is 4.51. The Morgan fingerprint density at radius 2 is 1.95 bits per heavy atom. The molecule has 0 spiro atoms. The van der Waals surface area contributed by atoms with Gasteiger partial charge in [0.25, 0.3) is 0 Å². The number of carbonyl (C=O) groups excluding carboxylic acids is 1. The fraction of sp³-hybridized carbons (Fsp3) is 0.188. The van der Waals surface area contributed by atoms with E-state index in [1.165, 1.54) is 0 Å². The highest BCUT2D eigenvalue weighted by atomic mass is 35.5. The van der Waals surface area contributed by atoms with E-state index in [9.17, 15) is 13.6 Å². The number of amides is 1. The molecule has 0 fully saturated rings. The molecular weight excluding hydrogens is 310 g/mol. The number of carbonyl (C=O) groups is 1. The van der Waals surface area contributed by atoms with Gasteiger partial charge in [0.05, 0.1) is 12.2 Å². The maximum absolute atomic E-state index is 13.5. The molecule has 1 amide bonds. The largest absolute Gasteiger partial charge is 0.322 e. The highest BCUT2D eigenvalue weighted by Crippen LogP contribution is 2.17. The molecule has 0 saturated carbocycles. The molecule has 0 aliphatic carbocycles. The van der Waals surface area contributed by atoms with Crippen LogP contribution in [-0.2, 0) is 11.3 Å². The lowest BCUT2D eigenvalue weighted by molar-refractivity contribution is -0.117. The Kier molecular flexibility index (Phi) is 5.46. The number of nitrogens with zero attached hydrogens (tertiary/aromatic N) is 1. The summed E-state index contributed by atoms with van der Waals surface area (Å²) in [4.78, 5) is 13.6. The first-order valence-corrected chi connectivity index (χ1v) is 7.00. The van der Waals surface area contributed by atoms with E-state index in [4.69, 9.17) is 11.6 Å². The zero-order valence-electron chi connectivity index (χ0n) is 11.9. The number of anilines is 1. The lowest BCUT2D eigenvalue weighted by Crippen LogP contribution is -2.30. The molecule has 0 radical (unpaired) electrons. The molecule has 6 heteroatoms. The van der Waals surface area contributed by atoms with Crippen molar-refractivity contribution in [1.82, 2.24) is 4.90 Å². The lowest BCUT2D eigenvalue weighted by atomic mass is 10.2. The summed E-state index contributed by atoms with van der Waals surface area (Å²) in [6, 6.07) is 10.2. The monoisotopic (exact) mass is 324 g/mol. The van der Waals surface area contributed by atoms with Crippen LogP contribution in [0.25, 0.3) is 0 Å². The summed E-state index contributed by atoms with van der Waals surface area (Å²) >= 11 is 6.05. The molecule has 0 aromatic heterocycles. The van der Waals surface area contributed by atoms with Gasteiger partial charge in [0.2, 0.25) is 5.91 Å². The molecule has 0 aliphatic heterocycles. The molecule has 0 bridgehead atoms. The molecule has 116 valence electrons. The van der Waals surface area contributed by atoms with Gasteiger partial charge in [-0.2, -0.15) is 0 Å². The lowest BCUT2D eigenvalue weighted by Gasteiger charge is -2.17. The molecule has 0 aliphatic rings. The Balaban J connectivity index is 1.94. The van der Waals surface area contributed by atoms with Crippen LogP contribution >= 0.6 is 11.6 Å². The van der Waals surface area contributed by atoms with E-state index in [0.29, 0.717) is 11.6 Å². The van der Waals surface area contributed by atoms with Crippen molar-refractivity contribution in [2.45, 2.75) is 6.54 Å². The van der Waals surface area contributed by atoms with Crippen LogP contribution in [0.15, 0.2) is 42.5 Å². The maximum atomic E-state index is 13.5. The number of hydrogen-bond donors (Lipinski definition) is 1. The Morgan fingerprint density at radius 1 is 1.23 bits per heavy atom. The van der Waals surface area contributed by atoms with Gasteiger partial charge in [0.1, 0.15) is 11.6 Å². The van der Waals surface area contributed by atoms with Crippen LogP contribution in [0.3, 0.4) is 0 Å². The summed E-state index contributed by atoms with van der Waals surface area (Å²) < 4.78 is 26.5. The second-order valence-electron chi connectivity index (χ2n) is 4.94. The van der Waals surface area contributed by atoms with E-state index in [1.807, 2.05) is 18.2 Å². The van der Waals surface area contributed by atoms with Gasteiger partial charge < -0.3 is 5.32 Å². The second kappa shape index (κ2) is 7.33. The van der Waals surface area contributed by atoms with Crippen LogP contribution in [-0.4, -0.2) is 24.4 Å². The Hall–Kier alpha value is -1.98. The fourth-order valence-electron chi connectivity index (χ4n) is 2.00. The van der Waals surface area contributed by atoms with E-state index in [-0.39, 0.29) is 12.2 Å². The van der Waals surface area contributed by atoms with E-state index in [2.05, 4.69) is 5.32 Å². The van der Waals surface area contributed by atoms with Gasteiger partial charge in [-0.05, 0) is 30.8 Å². The Morgan fingerprint density at radius 3 is 2.68 bits per heavy atom. The minimum absolute atomic E-state index is 0.0289. The number of likely N-dealkylation sites (N-methyl/N-ethyl adjacent to an activating group) is 1. The molecule has 0 unspecified atom stereocenters. The van der Waals surface area contributed by atoms with E-state index in [0.717, 1.165) is 23.8 Å². The maximum Gasteiger partial charge on any atom is 0.238 e. The minimum Gasteiger partial charge on any atom is -0.322 e. The topological polar surface area (TPSA) is 32.3 Å². The molecule has 2 aromatic rings. The molecule has 1 N–H and O–H groups in total. The zero-order valence-corrected chi connectivity index (χ0v) is 12.7. The molecule has 0 heterocycles. The molecule has 22 heavy (non-hydrogen) atoms. The first-order valence-electron chi connectivity index (χ1n) is 6.62. The SMILES string of the molecule is CN(CC(=O)Nc1cc(F)ccc1F)Cc1ccccc1Cl. The third-order valence-electron chi connectivity index (χ3n) is 3.01. The molecule has 3 nitrogen and oxygen atoms in total. The van der Waals surface area contributed by atoms with Crippen molar-refractivity contribution in [3.05, 3.63) is 64.7 Å². The number of nitrogens with one attached hydrogen (secondary N) is 1. The molecule has 2 rings (SSSR count). The summed E-state index contributed by atoms with van der Waals surface area (Å²) in [6.45, 7) is 0.500. The van der Waals surface area contributed by atoms with Gasteiger partial charge in [-0.25, -0.2) is 8.78 Å². The van der Waals surface area contributed by atoms with Gasteiger partial charge in [0, 0.05) is 17.6 Å². The quantitative estimate of drug-likeness (QED) is 0.909. The highest BCUT2D eigenvalue weighted by molar-refractivity contribution is 6.31. The van der Waals surface area contributed by atoms with E-state index >= 15 is 0 Å². The van der Waals surface area contributed by atoms with Crippen LogP contribution in [0.5, 0.6) is 0 Å². The summed E-state index contributed by atoms with van der Waals surface area (Å²) in [7, 11) is 1.74. The van der Waals surface area contributed by atoms with Gasteiger partial charge in [0.15, 0.2) is 0 Å². The highest BCUT2D eigenvalue weighted by Gasteiger charge is 2.11. The third-order valence-corrected chi connectivity index (χ3v) is 3.38. The van der Waals surface area contributed by atoms with Gasteiger partial charge >= 0.3 is 0 Å². The molecular formula is C16H15ClF2N2O. The van der Waals surface area contributed by atoms with Gasteiger partial charge in [-0.1, -0.05) is 29.8 Å². The summed E-state index contributed by atoms with van der Waals surface area (Å²) in [6.07, 6.45) is 0. The summed E-state index contributed by atoms with van der Waals surface area (Å²) in [5.41, 5.74) is 0.715. The van der Waals surface area contributed by atoms with Crippen molar-refractivity contribution in [1.29, 1.82) is 0 Å². The fourth-order valence-corrected chi connectivity index (χ4v) is 2.20. The second-order valence-corrected chi connectivity index (χ2v) is 5.34. The van der Waals surface area contributed by atoms with Crippen molar-refractivity contribution in [2.75, 3.05) is 18.9 Å². The van der Waals surface area contributed by atoms with E-state index in [1.54, 1.807) is 18.0 Å². The minimum atomic E-state index is -0.677. The van der Waals surface area contributed by atoms with Crippen molar-refractivity contribution in [2.24, 2.45) is 0 Å². The van der Waals surface area contributed by atoms with Crippen molar-refractivity contribution in [3.8, 4) is 0 Å². The standard InChI is InChI=1S/C16H15ClF2N2O/c1-21(9-11-4-2-3-5-13(11)17)10-16(22)20-15-8-12(18)6-7-14(15)19/h2-8H,9-10H2,1H3,(H,20,22).